The standard InChI is InChI=1S/C9H13FNP.C2H6/c1-6(2)8-4-3-7(5-11-8)9(10)12;1-2/h3-6,9H,12H2,1-2H3;1-2H3. The molecular formula is C11H19FNP. The Morgan fingerprint density at radius 3 is 2.14 bits per heavy atom. The molecule has 0 saturated carbocycles. The Labute approximate surface area is 88.3 Å². The maximum absolute atomic E-state index is 12.7. The molecular weight excluding hydrogens is 196 g/mol. The quantitative estimate of drug-likeness (QED) is 0.677. The van der Waals surface area contributed by atoms with Gasteiger partial charge in [-0.15, -0.1) is 0 Å². The van der Waals surface area contributed by atoms with Gasteiger partial charge in [-0.1, -0.05) is 43.0 Å². The minimum atomic E-state index is -1.00. The third-order valence-electron chi connectivity index (χ3n) is 1.72. The number of rotatable bonds is 2. The third-order valence-corrected chi connectivity index (χ3v) is 2.10. The molecule has 2 atom stereocenters. The van der Waals surface area contributed by atoms with Gasteiger partial charge in [0.25, 0.3) is 0 Å². The Kier molecular flexibility index (Phi) is 6.65. The first-order valence-electron chi connectivity index (χ1n) is 4.96. The van der Waals surface area contributed by atoms with E-state index in [1.807, 2.05) is 19.9 Å². The molecule has 0 aliphatic heterocycles. The van der Waals surface area contributed by atoms with Crippen molar-refractivity contribution >= 4 is 9.24 Å². The van der Waals surface area contributed by atoms with Crippen molar-refractivity contribution in [2.75, 3.05) is 0 Å². The van der Waals surface area contributed by atoms with Gasteiger partial charge in [0.15, 0.2) is 0 Å². The number of halogens is 1. The highest BCUT2D eigenvalue weighted by atomic mass is 31.0. The van der Waals surface area contributed by atoms with E-state index in [0.717, 1.165) is 5.69 Å². The summed E-state index contributed by atoms with van der Waals surface area (Å²) in [5.74, 6) is -0.597. The molecule has 1 rings (SSSR count). The smallest absolute Gasteiger partial charge is 0.139 e. The van der Waals surface area contributed by atoms with Gasteiger partial charge in [-0.2, -0.15) is 0 Å². The summed E-state index contributed by atoms with van der Waals surface area (Å²) in [6.07, 6.45) is 1.59. The average molecular weight is 215 g/mol. The SMILES string of the molecule is CC.CC(C)c1ccc(C(F)P)cn1. The number of hydrogen-bond donors (Lipinski definition) is 0. The van der Waals surface area contributed by atoms with Crippen LogP contribution in [0.2, 0.25) is 0 Å². The van der Waals surface area contributed by atoms with Crippen molar-refractivity contribution in [3.8, 4) is 0 Å². The Morgan fingerprint density at radius 1 is 1.29 bits per heavy atom. The molecule has 0 radical (unpaired) electrons. The lowest BCUT2D eigenvalue weighted by molar-refractivity contribution is 0.467. The molecule has 1 nitrogen and oxygen atoms in total. The van der Waals surface area contributed by atoms with E-state index in [4.69, 9.17) is 0 Å². The van der Waals surface area contributed by atoms with Crippen LogP contribution in [0.25, 0.3) is 0 Å². The van der Waals surface area contributed by atoms with Gasteiger partial charge in [0.2, 0.25) is 0 Å². The molecule has 1 heterocycles. The van der Waals surface area contributed by atoms with Gasteiger partial charge >= 0.3 is 0 Å². The van der Waals surface area contributed by atoms with Gasteiger partial charge in [0.05, 0.1) is 0 Å². The highest BCUT2D eigenvalue weighted by Gasteiger charge is 2.04. The third kappa shape index (κ3) is 4.15. The molecule has 3 heteroatoms. The van der Waals surface area contributed by atoms with E-state index >= 15 is 0 Å². The van der Waals surface area contributed by atoms with E-state index in [1.165, 1.54) is 0 Å². The maximum Gasteiger partial charge on any atom is 0.139 e. The van der Waals surface area contributed by atoms with E-state index < -0.39 is 5.91 Å². The van der Waals surface area contributed by atoms with E-state index in [1.54, 1.807) is 12.3 Å². The Bertz CT molecular complexity index is 217. The average Bonchev–Trinajstić information content (AvgIpc) is 2.21. The Morgan fingerprint density at radius 2 is 1.86 bits per heavy atom. The summed E-state index contributed by atoms with van der Waals surface area (Å²) in [6.45, 7) is 8.13. The van der Waals surface area contributed by atoms with E-state index in [9.17, 15) is 4.39 Å². The molecule has 0 amide bonds. The topological polar surface area (TPSA) is 12.9 Å². The van der Waals surface area contributed by atoms with Crippen molar-refractivity contribution in [1.29, 1.82) is 0 Å². The second-order valence-corrected chi connectivity index (χ2v) is 3.66. The largest absolute Gasteiger partial charge is 0.261 e. The number of hydrogen-bond acceptors (Lipinski definition) is 1. The molecule has 0 spiro atoms. The van der Waals surface area contributed by atoms with Crippen LogP contribution in [0.15, 0.2) is 18.3 Å². The molecule has 0 N–H and O–H groups in total. The molecule has 0 aliphatic rings. The van der Waals surface area contributed by atoms with Crippen LogP contribution < -0.4 is 0 Å². The molecule has 0 fully saturated rings. The minimum Gasteiger partial charge on any atom is -0.261 e. The first-order valence-corrected chi connectivity index (χ1v) is 5.63. The first kappa shape index (κ1) is 13.5. The molecule has 0 bridgehead atoms. The van der Waals surface area contributed by atoms with Gasteiger partial charge in [0, 0.05) is 17.5 Å². The summed E-state index contributed by atoms with van der Waals surface area (Å²) in [4.78, 5) is 4.15. The molecule has 0 aliphatic carbocycles. The predicted molar refractivity (Wildman–Crippen MR) is 63.2 cm³/mol. The summed E-state index contributed by atoms with van der Waals surface area (Å²) < 4.78 is 12.7. The molecule has 0 aromatic carbocycles. The monoisotopic (exact) mass is 215 g/mol. The maximum atomic E-state index is 12.7. The zero-order valence-electron chi connectivity index (χ0n) is 9.29. The van der Waals surface area contributed by atoms with Crippen molar-refractivity contribution in [3.63, 3.8) is 0 Å². The van der Waals surface area contributed by atoms with Crippen LogP contribution in [0.1, 0.15) is 50.8 Å². The molecule has 14 heavy (non-hydrogen) atoms. The van der Waals surface area contributed by atoms with E-state index in [2.05, 4.69) is 28.1 Å². The van der Waals surface area contributed by atoms with Crippen LogP contribution in [0.3, 0.4) is 0 Å². The lowest BCUT2D eigenvalue weighted by Crippen LogP contribution is -1.93. The second kappa shape index (κ2) is 6.89. The fraction of sp³-hybridized carbons (Fsp3) is 0.545. The van der Waals surface area contributed by atoms with Crippen molar-refractivity contribution in [3.05, 3.63) is 29.6 Å². The molecule has 1 aromatic rings. The molecule has 1 aromatic heterocycles. The summed E-state index contributed by atoms with van der Waals surface area (Å²) >= 11 is 0. The van der Waals surface area contributed by atoms with Crippen LogP contribution in [-0.4, -0.2) is 4.98 Å². The summed E-state index contributed by atoms with van der Waals surface area (Å²) in [5.41, 5.74) is 1.62. The highest BCUT2D eigenvalue weighted by Crippen LogP contribution is 2.24. The number of pyridine rings is 1. The molecule has 2 unspecified atom stereocenters. The zero-order chi connectivity index (χ0) is 11.1. The van der Waals surface area contributed by atoms with Crippen LogP contribution in [-0.2, 0) is 0 Å². The van der Waals surface area contributed by atoms with Crippen molar-refractivity contribution in [2.45, 2.75) is 39.5 Å². The number of aromatic nitrogens is 1. The van der Waals surface area contributed by atoms with E-state index in [0.29, 0.717) is 11.5 Å². The van der Waals surface area contributed by atoms with Gasteiger partial charge in [-0.3, -0.25) is 4.98 Å². The van der Waals surface area contributed by atoms with Gasteiger partial charge in [-0.05, 0) is 12.0 Å². The fourth-order valence-corrected chi connectivity index (χ4v) is 1.12. The summed E-state index contributed by atoms with van der Waals surface area (Å²) in [7, 11) is 2.11. The van der Waals surface area contributed by atoms with Crippen molar-refractivity contribution < 1.29 is 4.39 Å². The lowest BCUT2D eigenvalue weighted by atomic mass is 10.1. The van der Waals surface area contributed by atoms with Gasteiger partial charge in [0.1, 0.15) is 5.91 Å². The predicted octanol–water partition coefficient (Wildman–Crippen LogP) is 4.07. The van der Waals surface area contributed by atoms with Crippen LogP contribution in [0, 0.1) is 0 Å². The molecule has 0 saturated heterocycles. The number of nitrogens with zero attached hydrogens (tertiary/aromatic N) is 1. The summed E-state index contributed by atoms with van der Waals surface area (Å²) in [5, 5.41) is 0. The van der Waals surface area contributed by atoms with Crippen molar-refractivity contribution in [1.82, 2.24) is 4.98 Å². The van der Waals surface area contributed by atoms with Crippen LogP contribution in [0.5, 0.6) is 0 Å². The van der Waals surface area contributed by atoms with Crippen LogP contribution in [0.4, 0.5) is 4.39 Å². The highest BCUT2D eigenvalue weighted by molar-refractivity contribution is 7.16. The fourth-order valence-electron chi connectivity index (χ4n) is 0.921. The molecule has 80 valence electrons. The second-order valence-electron chi connectivity index (χ2n) is 3.07. The zero-order valence-corrected chi connectivity index (χ0v) is 10.4. The summed E-state index contributed by atoms with van der Waals surface area (Å²) in [6, 6.07) is 3.65. The van der Waals surface area contributed by atoms with E-state index in [-0.39, 0.29) is 0 Å². The van der Waals surface area contributed by atoms with Gasteiger partial charge in [-0.25, -0.2) is 4.39 Å². The lowest BCUT2D eigenvalue weighted by Gasteiger charge is -2.05. The Balaban J connectivity index is 0.000000791. The van der Waals surface area contributed by atoms with Gasteiger partial charge < -0.3 is 0 Å². The van der Waals surface area contributed by atoms with Crippen LogP contribution >= 0.6 is 9.24 Å². The first-order chi connectivity index (χ1) is 6.61. The number of alkyl halides is 1. The van der Waals surface area contributed by atoms with Crippen molar-refractivity contribution in [2.24, 2.45) is 0 Å². The Hall–Kier alpha value is -0.490. The normalized spacial score (nSPS) is 11.9. The minimum absolute atomic E-state index is 0.404.